The number of thioether (sulfide) groups is 1. The van der Waals surface area contributed by atoms with Gasteiger partial charge in [0.05, 0.1) is 11.3 Å². The summed E-state index contributed by atoms with van der Waals surface area (Å²) in [5.41, 5.74) is 1.92. The molecule has 0 spiro atoms. The van der Waals surface area contributed by atoms with Crippen LogP contribution in [0.3, 0.4) is 0 Å². The molecular weight excluding hydrogens is 254 g/mol. The Bertz CT molecular complexity index is 687. The number of carboxylic acid groups (broad SMARTS) is 1. The van der Waals surface area contributed by atoms with E-state index in [0.29, 0.717) is 16.2 Å². The van der Waals surface area contributed by atoms with Crippen molar-refractivity contribution in [1.82, 2.24) is 14.1 Å². The molecule has 96 valence electrons. The van der Waals surface area contributed by atoms with Gasteiger partial charge in [-0.1, -0.05) is 11.8 Å². The van der Waals surface area contributed by atoms with Gasteiger partial charge in [-0.3, -0.25) is 14.2 Å². The molecule has 18 heavy (non-hydrogen) atoms. The number of nitrogens with zero attached hydrogens (tertiary/aromatic N) is 3. The number of carbonyl (C=O) groups is 1. The molecule has 7 heteroatoms. The molecule has 0 unspecified atom stereocenters. The maximum Gasteiger partial charge on any atom is 0.313 e. The Morgan fingerprint density at radius 3 is 2.72 bits per heavy atom. The van der Waals surface area contributed by atoms with Crippen molar-refractivity contribution in [3.63, 3.8) is 0 Å². The van der Waals surface area contributed by atoms with Crippen molar-refractivity contribution in [2.24, 2.45) is 14.1 Å². The molecule has 0 aliphatic rings. The Kier molecular flexibility index (Phi) is 3.16. The van der Waals surface area contributed by atoms with E-state index in [1.165, 1.54) is 4.57 Å². The van der Waals surface area contributed by atoms with Crippen LogP contribution >= 0.6 is 11.8 Å². The second kappa shape index (κ2) is 4.49. The highest BCUT2D eigenvalue weighted by atomic mass is 32.2. The average Bonchev–Trinajstić information content (AvgIpc) is 2.58. The summed E-state index contributed by atoms with van der Waals surface area (Å²) in [6.45, 7) is 1.89. The van der Waals surface area contributed by atoms with Crippen molar-refractivity contribution >= 4 is 28.8 Å². The molecule has 0 amide bonds. The third kappa shape index (κ3) is 2.01. The van der Waals surface area contributed by atoms with Crippen molar-refractivity contribution in [2.45, 2.75) is 12.1 Å². The standard InChI is InChI=1S/C11H13N3O3S/c1-6-4-7-9(13(6)2)10(17)14(3)11(12-7)18-5-8(15)16/h4H,5H2,1-3H3,(H,15,16). The highest BCUT2D eigenvalue weighted by Gasteiger charge is 2.13. The molecule has 0 aliphatic carbocycles. The zero-order valence-electron chi connectivity index (χ0n) is 10.3. The number of hydrogen-bond donors (Lipinski definition) is 1. The van der Waals surface area contributed by atoms with Crippen LogP contribution < -0.4 is 5.56 Å². The van der Waals surface area contributed by atoms with Crippen molar-refractivity contribution in [1.29, 1.82) is 0 Å². The van der Waals surface area contributed by atoms with Gasteiger partial charge in [0.2, 0.25) is 0 Å². The molecule has 0 aliphatic heterocycles. The topological polar surface area (TPSA) is 77.1 Å². The van der Waals surface area contributed by atoms with Crippen LogP contribution in [0.25, 0.3) is 11.0 Å². The monoisotopic (exact) mass is 267 g/mol. The molecular formula is C11H13N3O3S. The molecule has 2 aromatic heterocycles. The minimum absolute atomic E-state index is 0.113. The van der Waals surface area contributed by atoms with E-state index >= 15 is 0 Å². The lowest BCUT2D eigenvalue weighted by molar-refractivity contribution is -0.133. The van der Waals surface area contributed by atoms with Crippen LogP contribution in [0.4, 0.5) is 0 Å². The molecule has 0 saturated heterocycles. The minimum Gasteiger partial charge on any atom is -0.481 e. The number of aryl methyl sites for hydroxylation is 2. The number of aromatic nitrogens is 3. The third-order valence-corrected chi connectivity index (χ3v) is 3.80. The van der Waals surface area contributed by atoms with E-state index in [1.54, 1.807) is 11.6 Å². The number of rotatable bonds is 3. The van der Waals surface area contributed by atoms with E-state index in [-0.39, 0.29) is 11.3 Å². The number of carboxylic acids is 1. The van der Waals surface area contributed by atoms with E-state index in [2.05, 4.69) is 4.98 Å². The smallest absolute Gasteiger partial charge is 0.313 e. The van der Waals surface area contributed by atoms with Crippen molar-refractivity contribution in [3.8, 4) is 0 Å². The van der Waals surface area contributed by atoms with Gasteiger partial charge in [0.15, 0.2) is 5.16 Å². The summed E-state index contributed by atoms with van der Waals surface area (Å²) in [5, 5.41) is 9.07. The maximum atomic E-state index is 12.2. The predicted molar refractivity (Wildman–Crippen MR) is 69.1 cm³/mol. The van der Waals surface area contributed by atoms with Crippen LogP contribution in [0.2, 0.25) is 0 Å². The molecule has 6 nitrogen and oxygen atoms in total. The average molecular weight is 267 g/mol. The largest absolute Gasteiger partial charge is 0.481 e. The predicted octanol–water partition coefficient (Wildman–Crippen LogP) is 0.757. The molecule has 0 saturated carbocycles. The quantitative estimate of drug-likeness (QED) is 0.656. The molecule has 1 N–H and O–H groups in total. The fourth-order valence-electron chi connectivity index (χ4n) is 1.73. The van der Waals surface area contributed by atoms with Gasteiger partial charge >= 0.3 is 5.97 Å². The number of aliphatic carboxylic acids is 1. The van der Waals surface area contributed by atoms with Crippen LogP contribution in [-0.2, 0) is 18.9 Å². The van der Waals surface area contributed by atoms with Gasteiger partial charge in [0, 0.05) is 19.8 Å². The minimum atomic E-state index is -0.932. The summed E-state index contributed by atoms with van der Waals surface area (Å²) in [6.07, 6.45) is 0. The second-order valence-corrected chi connectivity index (χ2v) is 4.96. The first-order valence-electron chi connectivity index (χ1n) is 5.29. The summed E-state index contributed by atoms with van der Waals surface area (Å²) >= 11 is 1.04. The first-order valence-corrected chi connectivity index (χ1v) is 6.28. The Balaban J connectivity index is 2.61. The normalized spacial score (nSPS) is 11.1. The Morgan fingerprint density at radius 2 is 2.11 bits per heavy atom. The van der Waals surface area contributed by atoms with Gasteiger partial charge in [0.1, 0.15) is 5.52 Å². The highest BCUT2D eigenvalue weighted by molar-refractivity contribution is 7.99. The van der Waals surface area contributed by atoms with Crippen molar-refractivity contribution in [2.75, 3.05) is 5.75 Å². The fourth-order valence-corrected chi connectivity index (χ4v) is 2.42. The lowest BCUT2D eigenvalue weighted by Crippen LogP contribution is -2.22. The highest BCUT2D eigenvalue weighted by Crippen LogP contribution is 2.18. The molecule has 0 bridgehead atoms. The summed E-state index contributed by atoms with van der Waals surface area (Å²) in [7, 11) is 3.41. The van der Waals surface area contributed by atoms with Crippen molar-refractivity contribution < 1.29 is 9.90 Å². The van der Waals surface area contributed by atoms with Crippen LogP contribution in [0.15, 0.2) is 16.0 Å². The van der Waals surface area contributed by atoms with Crippen LogP contribution in [0.5, 0.6) is 0 Å². The van der Waals surface area contributed by atoms with E-state index in [4.69, 9.17) is 5.11 Å². The number of hydrogen-bond acceptors (Lipinski definition) is 4. The van der Waals surface area contributed by atoms with Gasteiger partial charge in [-0.05, 0) is 13.0 Å². The van der Waals surface area contributed by atoms with Crippen LogP contribution in [-0.4, -0.2) is 30.9 Å². The summed E-state index contributed by atoms with van der Waals surface area (Å²) < 4.78 is 3.17. The van der Waals surface area contributed by atoms with Gasteiger partial charge in [-0.15, -0.1) is 0 Å². The van der Waals surface area contributed by atoms with Crippen LogP contribution in [0.1, 0.15) is 5.69 Å². The molecule has 0 aromatic carbocycles. The van der Waals surface area contributed by atoms with E-state index in [1.807, 2.05) is 20.0 Å². The Morgan fingerprint density at radius 1 is 1.44 bits per heavy atom. The SMILES string of the molecule is Cc1cc2nc(SCC(=O)O)n(C)c(=O)c2n1C. The zero-order valence-corrected chi connectivity index (χ0v) is 11.1. The number of fused-ring (bicyclic) bond motifs is 1. The molecule has 2 aromatic rings. The summed E-state index contributed by atoms with van der Waals surface area (Å²) in [4.78, 5) is 27.1. The van der Waals surface area contributed by atoms with Crippen molar-refractivity contribution in [3.05, 3.63) is 22.1 Å². The molecule has 2 rings (SSSR count). The van der Waals surface area contributed by atoms with Gasteiger partial charge in [0.25, 0.3) is 5.56 Å². The molecule has 0 fully saturated rings. The Hall–Kier alpha value is -1.76. The van der Waals surface area contributed by atoms with E-state index in [9.17, 15) is 9.59 Å². The third-order valence-electron chi connectivity index (χ3n) is 2.79. The lowest BCUT2D eigenvalue weighted by atomic mass is 10.4. The zero-order chi connectivity index (χ0) is 13.4. The van der Waals surface area contributed by atoms with Gasteiger partial charge < -0.3 is 9.67 Å². The molecule has 2 heterocycles. The Labute approximate surface area is 107 Å². The van der Waals surface area contributed by atoms with Crippen LogP contribution in [0, 0.1) is 6.92 Å². The lowest BCUT2D eigenvalue weighted by Gasteiger charge is -2.06. The van der Waals surface area contributed by atoms with Gasteiger partial charge in [-0.2, -0.15) is 0 Å². The maximum absolute atomic E-state index is 12.2. The first-order chi connectivity index (χ1) is 8.41. The first kappa shape index (κ1) is 12.7. The summed E-state index contributed by atoms with van der Waals surface area (Å²) in [5.74, 6) is -1.05. The molecule has 0 radical (unpaired) electrons. The van der Waals surface area contributed by atoms with Gasteiger partial charge in [-0.25, -0.2) is 4.98 Å². The fraction of sp³-hybridized carbons (Fsp3) is 0.364. The summed E-state index contributed by atoms with van der Waals surface area (Å²) in [6, 6.07) is 1.82. The molecule has 0 atom stereocenters. The van der Waals surface area contributed by atoms with E-state index in [0.717, 1.165) is 17.5 Å². The van der Waals surface area contributed by atoms with E-state index < -0.39 is 5.97 Å². The second-order valence-electron chi connectivity index (χ2n) is 4.02.